The molecule has 5 nitrogen and oxygen atoms in total. The van der Waals surface area contributed by atoms with E-state index in [2.05, 4.69) is 22.8 Å². The van der Waals surface area contributed by atoms with Crippen molar-refractivity contribution < 1.29 is 14.7 Å². The fourth-order valence-corrected chi connectivity index (χ4v) is 4.28. The third-order valence-corrected chi connectivity index (χ3v) is 5.97. The van der Waals surface area contributed by atoms with Crippen molar-refractivity contribution in [2.24, 2.45) is 11.8 Å². The fraction of sp³-hybridized carbons (Fsp3) is 0.619. The molecule has 3 N–H and O–H groups in total. The van der Waals surface area contributed by atoms with Gasteiger partial charge in [0.2, 0.25) is 5.91 Å². The Balaban J connectivity index is 0.00000261. The lowest BCUT2D eigenvalue weighted by molar-refractivity contribution is -0.137. The number of carbonyl (C=O) groups excluding carboxylic acids is 1. The van der Waals surface area contributed by atoms with Gasteiger partial charge in [0.1, 0.15) is 0 Å². The van der Waals surface area contributed by atoms with Crippen LogP contribution in [0.1, 0.15) is 62.8 Å². The molecule has 0 aromatic heterocycles. The number of piperidine rings is 1. The minimum atomic E-state index is -0.724. The summed E-state index contributed by atoms with van der Waals surface area (Å²) in [6, 6.07) is 8.34. The van der Waals surface area contributed by atoms with Gasteiger partial charge in [0.15, 0.2) is 0 Å². The standard InChI is InChI=1S/C21H30N2O3.ClH/c24-20(25)10-3-15-1-4-18(5-2-15)21(26)23-19-8-6-16(7-9-19)17-11-13-22-14-12-17;/h6-9,15,17-18,22H,1-5,10-14H2,(H,23,26)(H,24,25);1H/t15-,18-;. The summed E-state index contributed by atoms with van der Waals surface area (Å²) in [6.45, 7) is 2.16. The Bertz CT molecular complexity index is 606. The summed E-state index contributed by atoms with van der Waals surface area (Å²) in [5.74, 6) is 0.524. The maximum atomic E-state index is 12.5. The minimum Gasteiger partial charge on any atom is -0.481 e. The number of hydrogen-bond donors (Lipinski definition) is 3. The van der Waals surface area contributed by atoms with Crippen LogP contribution in [0, 0.1) is 11.8 Å². The molecule has 0 atom stereocenters. The molecular formula is C21H31ClN2O3. The summed E-state index contributed by atoms with van der Waals surface area (Å²) in [4.78, 5) is 23.2. The third kappa shape index (κ3) is 6.51. The second-order valence-electron chi connectivity index (χ2n) is 7.79. The van der Waals surface area contributed by atoms with Crippen LogP contribution in [-0.2, 0) is 9.59 Å². The highest BCUT2D eigenvalue weighted by atomic mass is 35.5. The van der Waals surface area contributed by atoms with Crippen LogP contribution >= 0.6 is 12.4 Å². The maximum absolute atomic E-state index is 12.5. The number of rotatable bonds is 6. The number of nitrogens with one attached hydrogen (secondary N) is 2. The van der Waals surface area contributed by atoms with E-state index in [4.69, 9.17) is 5.11 Å². The van der Waals surface area contributed by atoms with Gasteiger partial charge in [0.05, 0.1) is 0 Å². The van der Waals surface area contributed by atoms with Gasteiger partial charge in [0.25, 0.3) is 0 Å². The second-order valence-corrected chi connectivity index (χ2v) is 7.79. The summed E-state index contributed by atoms with van der Waals surface area (Å²) in [6.07, 6.45) is 6.98. The molecule has 0 radical (unpaired) electrons. The zero-order chi connectivity index (χ0) is 18.4. The molecule has 1 amide bonds. The van der Waals surface area contributed by atoms with Crippen LogP contribution < -0.4 is 10.6 Å². The maximum Gasteiger partial charge on any atom is 0.303 e. The van der Waals surface area contributed by atoms with Crippen molar-refractivity contribution in [3.05, 3.63) is 29.8 Å². The highest BCUT2D eigenvalue weighted by Gasteiger charge is 2.26. The van der Waals surface area contributed by atoms with Crippen LogP contribution in [0.15, 0.2) is 24.3 Å². The van der Waals surface area contributed by atoms with E-state index in [0.717, 1.165) is 50.9 Å². The van der Waals surface area contributed by atoms with E-state index in [9.17, 15) is 9.59 Å². The molecule has 3 rings (SSSR count). The van der Waals surface area contributed by atoms with Gasteiger partial charge in [-0.2, -0.15) is 0 Å². The zero-order valence-electron chi connectivity index (χ0n) is 15.8. The molecule has 1 aromatic rings. The van der Waals surface area contributed by atoms with Crippen molar-refractivity contribution in [3.63, 3.8) is 0 Å². The van der Waals surface area contributed by atoms with Crippen LogP contribution in [0.25, 0.3) is 0 Å². The van der Waals surface area contributed by atoms with Crippen LogP contribution in [0.4, 0.5) is 5.69 Å². The second kappa shape index (κ2) is 10.7. The van der Waals surface area contributed by atoms with Crippen LogP contribution in [0.2, 0.25) is 0 Å². The Morgan fingerprint density at radius 2 is 1.63 bits per heavy atom. The Morgan fingerprint density at radius 3 is 2.22 bits per heavy atom. The zero-order valence-corrected chi connectivity index (χ0v) is 16.6. The van der Waals surface area contributed by atoms with Crippen molar-refractivity contribution in [2.75, 3.05) is 18.4 Å². The van der Waals surface area contributed by atoms with Crippen molar-refractivity contribution in [1.29, 1.82) is 0 Å². The number of halogens is 1. The summed E-state index contributed by atoms with van der Waals surface area (Å²) < 4.78 is 0. The number of carboxylic acid groups (broad SMARTS) is 1. The molecule has 1 saturated carbocycles. The molecule has 0 unspecified atom stereocenters. The van der Waals surface area contributed by atoms with Crippen LogP contribution in [-0.4, -0.2) is 30.1 Å². The van der Waals surface area contributed by atoms with E-state index in [1.165, 1.54) is 18.4 Å². The van der Waals surface area contributed by atoms with Gasteiger partial charge in [-0.15, -0.1) is 12.4 Å². The van der Waals surface area contributed by atoms with Gasteiger partial charge < -0.3 is 15.7 Å². The predicted molar refractivity (Wildman–Crippen MR) is 109 cm³/mol. The summed E-state index contributed by atoms with van der Waals surface area (Å²) in [5, 5.41) is 15.2. The first kappa shape index (κ1) is 21.7. The van der Waals surface area contributed by atoms with Crippen molar-refractivity contribution in [2.45, 2.75) is 57.3 Å². The Labute approximate surface area is 167 Å². The molecule has 6 heteroatoms. The summed E-state index contributed by atoms with van der Waals surface area (Å²) >= 11 is 0. The van der Waals surface area contributed by atoms with E-state index in [0.29, 0.717) is 11.8 Å². The lowest BCUT2D eigenvalue weighted by atomic mass is 9.79. The van der Waals surface area contributed by atoms with Gasteiger partial charge in [-0.05, 0) is 87.6 Å². The van der Waals surface area contributed by atoms with Gasteiger partial charge >= 0.3 is 5.97 Å². The Kier molecular flexibility index (Phi) is 8.58. The summed E-state index contributed by atoms with van der Waals surface area (Å²) in [5.41, 5.74) is 2.24. The molecule has 1 heterocycles. The highest BCUT2D eigenvalue weighted by Crippen LogP contribution is 2.32. The largest absolute Gasteiger partial charge is 0.481 e. The number of carboxylic acids is 1. The molecule has 1 saturated heterocycles. The molecule has 0 spiro atoms. The molecule has 1 aromatic carbocycles. The smallest absolute Gasteiger partial charge is 0.303 e. The first-order valence-corrected chi connectivity index (χ1v) is 9.95. The topological polar surface area (TPSA) is 78.4 Å². The van der Waals surface area contributed by atoms with E-state index in [1.54, 1.807) is 0 Å². The predicted octanol–water partition coefficient (Wildman–Crippen LogP) is 4.19. The molecule has 2 aliphatic rings. The van der Waals surface area contributed by atoms with E-state index in [1.807, 2.05) is 12.1 Å². The van der Waals surface area contributed by atoms with E-state index in [-0.39, 0.29) is 30.7 Å². The Morgan fingerprint density at radius 1 is 1.00 bits per heavy atom. The monoisotopic (exact) mass is 394 g/mol. The van der Waals surface area contributed by atoms with Crippen molar-refractivity contribution >= 4 is 30.0 Å². The molecular weight excluding hydrogens is 364 g/mol. The van der Waals surface area contributed by atoms with Crippen LogP contribution in [0.3, 0.4) is 0 Å². The van der Waals surface area contributed by atoms with Gasteiger partial charge in [-0.1, -0.05) is 12.1 Å². The average Bonchev–Trinajstić information content (AvgIpc) is 2.68. The quantitative estimate of drug-likeness (QED) is 0.676. The van der Waals surface area contributed by atoms with Crippen molar-refractivity contribution in [1.82, 2.24) is 5.32 Å². The fourth-order valence-electron chi connectivity index (χ4n) is 4.28. The SMILES string of the molecule is Cl.O=C(O)CC[C@H]1CC[C@H](C(=O)Nc2ccc(C3CCNCC3)cc2)CC1. The molecule has 1 aliphatic heterocycles. The number of aliphatic carboxylic acids is 1. The average molecular weight is 395 g/mol. The molecule has 0 bridgehead atoms. The normalized spacial score (nSPS) is 23.3. The van der Waals surface area contributed by atoms with Crippen molar-refractivity contribution in [3.8, 4) is 0 Å². The number of carbonyl (C=O) groups is 2. The van der Waals surface area contributed by atoms with Crippen LogP contribution in [0.5, 0.6) is 0 Å². The molecule has 2 fully saturated rings. The number of anilines is 1. The number of benzene rings is 1. The third-order valence-electron chi connectivity index (χ3n) is 5.97. The van der Waals surface area contributed by atoms with E-state index >= 15 is 0 Å². The lowest BCUT2D eigenvalue weighted by Gasteiger charge is -2.27. The first-order chi connectivity index (χ1) is 12.6. The minimum absolute atomic E-state index is 0. The number of hydrogen-bond acceptors (Lipinski definition) is 3. The van der Waals surface area contributed by atoms with Gasteiger partial charge in [0, 0.05) is 18.0 Å². The number of amides is 1. The van der Waals surface area contributed by atoms with Gasteiger partial charge in [-0.25, -0.2) is 0 Å². The Hall–Kier alpha value is -1.59. The molecule has 150 valence electrons. The molecule has 1 aliphatic carbocycles. The van der Waals surface area contributed by atoms with E-state index < -0.39 is 5.97 Å². The highest BCUT2D eigenvalue weighted by molar-refractivity contribution is 5.92. The first-order valence-electron chi connectivity index (χ1n) is 9.95. The van der Waals surface area contributed by atoms with Gasteiger partial charge in [-0.3, -0.25) is 9.59 Å². The lowest BCUT2D eigenvalue weighted by Crippen LogP contribution is -2.27. The molecule has 27 heavy (non-hydrogen) atoms. The summed E-state index contributed by atoms with van der Waals surface area (Å²) in [7, 11) is 0.